The number of carbonyl (C=O) groups excluding carboxylic acids is 1. The summed E-state index contributed by atoms with van der Waals surface area (Å²) in [5, 5.41) is 20.9. The van der Waals surface area contributed by atoms with Gasteiger partial charge < -0.3 is 21.1 Å². The van der Waals surface area contributed by atoms with E-state index in [1.165, 1.54) is 4.90 Å². The fourth-order valence-electron chi connectivity index (χ4n) is 4.91. The standard InChI is InChI=1S/C29H35N5O3/c1-29(2,30)22-13-11-21(12-14-22)27-24(20-7-5-4-6-8-20)18-25(32-33-27)31-26(35)17-19-9-15-23(16-10-19)34(3)28(36)37/h4-8,11-14,18-19,23H,9-10,15-17,30H2,1-3H3,(H,36,37)(H,31,32,35). The lowest BCUT2D eigenvalue weighted by molar-refractivity contribution is -0.117. The number of benzene rings is 2. The zero-order valence-electron chi connectivity index (χ0n) is 21.6. The summed E-state index contributed by atoms with van der Waals surface area (Å²) in [4.78, 5) is 25.4. The molecule has 0 atom stereocenters. The predicted molar refractivity (Wildman–Crippen MR) is 145 cm³/mol. The molecule has 4 rings (SSSR count). The zero-order valence-corrected chi connectivity index (χ0v) is 21.6. The first-order valence-electron chi connectivity index (χ1n) is 12.7. The van der Waals surface area contributed by atoms with Gasteiger partial charge in [-0.1, -0.05) is 54.6 Å². The molecule has 4 N–H and O–H groups in total. The third kappa shape index (κ3) is 6.51. The second-order valence-corrected chi connectivity index (χ2v) is 10.5. The van der Waals surface area contributed by atoms with Gasteiger partial charge in [-0.15, -0.1) is 10.2 Å². The normalized spacial score (nSPS) is 17.7. The lowest BCUT2D eigenvalue weighted by Crippen LogP contribution is -2.38. The molecule has 8 nitrogen and oxygen atoms in total. The summed E-state index contributed by atoms with van der Waals surface area (Å²) < 4.78 is 0. The Kier molecular flexibility index (Phi) is 7.88. The Balaban J connectivity index is 1.49. The van der Waals surface area contributed by atoms with Crippen LogP contribution in [0.4, 0.5) is 10.6 Å². The largest absolute Gasteiger partial charge is 0.465 e. The van der Waals surface area contributed by atoms with E-state index in [0.717, 1.165) is 53.6 Å². The lowest BCUT2D eigenvalue weighted by Gasteiger charge is -2.32. The molecule has 0 saturated heterocycles. The van der Waals surface area contributed by atoms with Crippen LogP contribution in [0.5, 0.6) is 0 Å². The van der Waals surface area contributed by atoms with Gasteiger partial charge in [-0.3, -0.25) is 4.79 Å². The Labute approximate surface area is 217 Å². The third-order valence-electron chi connectivity index (χ3n) is 7.19. The minimum absolute atomic E-state index is 0.0219. The summed E-state index contributed by atoms with van der Waals surface area (Å²) in [5.41, 5.74) is 10.3. The molecule has 37 heavy (non-hydrogen) atoms. The van der Waals surface area contributed by atoms with Gasteiger partial charge in [0, 0.05) is 36.2 Å². The van der Waals surface area contributed by atoms with Gasteiger partial charge >= 0.3 is 6.09 Å². The van der Waals surface area contributed by atoms with E-state index in [1.807, 2.05) is 74.5 Å². The van der Waals surface area contributed by atoms with Crippen LogP contribution >= 0.6 is 0 Å². The van der Waals surface area contributed by atoms with Crippen LogP contribution in [0.1, 0.15) is 51.5 Å². The van der Waals surface area contributed by atoms with Crippen LogP contribution in [0.2, 0.25) is 0 Å². The van der Waals surface area contributed by atoms with Crippen LogP contribution in [0.3, 0.4) is 0 Å². The molecule has 194 valence electrons. The molecule has 1 aromatic heterocycles. The molecule has 2 amide bonds. The van der Waals surface area contributed by atoms with Crippen molar-refractivity contribution >= 4 is 17.8 Å². The van der Waals surface area contributed by atoms with Crippen LogP contribution in [0.15, 0.2) is 60.7 Å². The minimum Gasteiger partial charge on any atom is -0.465 e. The highest BCUT2D eigenvalue weighted by atomic mass is 16.4. The van der Waals surface area contributed by atoms with Crippen molar-refractivity contribution in [2.75, 3.05) is 12.4 Å². The van der Waals surface area contributed by atoms with Crippen molar-refractivity contribution in [1.29, 1.82) is 0 Å². The van der Waals surface area contributed by atoms with E-state index in [4.69, 9.17) is 5.73 Å². The van der Waals surface area contributed by atoms with Crippen LogP contribution in [0.25, 0.3) is 22.4 Å². The van der Waals surface area contributed by atoms with Gasteiger partial charge in [0.25, 0.3) is 0 Å². The quantitative estimate of drug-likeness (QED) is 0.393. The number of anilines is 1. The van der Waals surface area contributed by atoms with E-state index in [1.54, 1.807) is 7.05 Å². The van der Waals surface area contributed by atoms with Gasteiger partial charge in [0.05, 0.1) is 0 Å². The van der Waals surface area contributed by atoms with Crippen molar-refractivity contribution in [3.63, 3.8) is 0 Å². The number of carboxylic acid groups (broad SMARTS) is 1. The van der Waals surface area contributed by atoms with Gasteiger partial charge in [0.1, 0.15) is 5.69 Å². The second-order valence-electron chi connectivity index (χ2n) is 10.5. The molecule has 1 saturated carbocycles. The van der Waals surface area contributed by atoms with E-state index in [9.17, 15) is 14.7 Å². The zero-order chi connectivity index (χ0) is 26.6. The number of nitrogens with two attached hydrogens (primary N) is 1. The van der Waals surface area contributed by atoms with E-state index in [-0.39, 0.29) is 17.9 Å². The molecule has 2 aromatic carbocycles. The SMILES string of the molecule is CN(C(=O)O)C1CCC(CC(=O)Nc2cc(-c3ccccc3)c(-c3ccc(C(C)(C)N)cc3)nn2)CC1. The Hall–Kier alpha value is -3.78. The maximum Gasteiger partial charge on any atom is 0.407 e. The van der Waals surface area contributed by atoms with Gasteiger partial charge in [-0.2, -0.15) is 0 Å². The molecular weight excluding hydrogens is 466 g/mol. The highest BCUT2D eigenvalue weighted by molar-refractivity contribution is 5.91. The number of rotatable bonds is 7. The van der Waals surface area contributed by atoms with E-state index in [2.05, 4.69) is 15.5 Å². The Morgan fingerprint density at radius 2 is 1.65 bits per heavy atom. The van der Waals surface area contributed by atoms with Crippen LogP contribution in [0, 0.1) is 5.92 Å². The number of nitrogens with one attached hydrogen (secondary N) is 1. The van der Waals surface area contributed by atoms with Crippen molar-refractivity contribution in [2.24, 2.45) is 11.7 Å². The highest BCUT2D eigenvalue weighted by Crippen LogP contribution is 2.33. The molecule has 0 spiro atoms. The summed E-state index contributed by atoms with van der Waals surface area (Å²) in [6, 6.07) is 19.8. The summed E-state index contributed by atoms with van der Waals surface area (Å²) >= 11 is 0. The first-order valence-corrected chi connectivity index (χ1v) is 12.7. The molecule has 1 aliphatic rings. The minimum atomic E-state index is -0.906. The molecule has 0 bridgehead atoms. The number of hydrogen-bond acceptors (Lipinski definition) is 5. The summed E-state index contributed by atoms with van der Waals surface area (Å²) in [7, 11) is 1.61. The van der Waals surface area contributed by atoms with E-state index >= 15 is 0 Å². The van der Waals surface area contributed by atoms with E-state index in [0.29, 0.717) is 12.2 Å². The second kappa shape index (κ2) is 11.1. The van der Waals surface area contributed by atoms with Gasteiger partial charge in [0.2, 0.25) is 5.91 Å². The fourth-order valence-corrected chi connectivity index (χ4v) is 4.91. The number of aromatic nitrogens is 2. The molecule has 1 aliphatic carbocycles. The number of nitrogens with zero attached hydrogens (tertiary/aromatic N) is 3. The fraction of sp³-hybridized carbons (Fsp3) is 0.379. The van der Waals surface area contributed by atoms with Crippen molar-refractivity contribution in [1.82, 2.24) is 15.1 Å². The smallest absolute Gasteiger partial charge is 0.407 e. The summed E-state index contributed by atoms with van der Waals surface area (Å²) in [6.07, 6.45) is 2.66. The molecule has 0 aliphatic heterocycles. The van der Waals surface area contributed by atoms with Crippen molar-refractivity contribution < 1.29 is 14.7 Å². The Morgan fingerprint density at radius 1 is 1.00 bits per heavy atom. The monoisotopic (exact) mass is 501 g/mol. The van der Waals surface area contributed by atoms with Crippen molar-refractivity contribution in [2.45, 2.75) is 57.5 Å². The van der Waals surface area contributed by atoms with Crippen LogP contribution in [-0.4, -0.2) is 45.3 Å². The molecule has 1 fully saturated rings. The van der Waals surface area contributed by atoms with Crippen LogP contribution in [-0.2, 0) is 10.3 Å². The average Bonchev–Trinajstić information content (AvgIpc) is 2.88. The average molecular weight is 502 g/mol. The number of amides is 2. The van der Waals surface area contributed by atoms with E-state index < -0.39 is 11.6 Å². The first kappa shape index (κ1) is 26.3. The summed E-state index contributed by atoms with van der Waals surface area (Å²) in [6.45, 7) is 3.93. The highest BCUT2D eigenvalue weighted by Gasteiger charge is 2.27. The van der Waals surface area contributed by atoms with Crippen molar-refractivity contribution in [3.05, 3.63) is 66.2 Å². The topological polar surface area (TPSA) is 121 Å². The number of carbonyl (C=O) groups is 2. The molecule has 1 heterocycles. The molecule has 0 unspecified atom stereocenters. The maximum absolute atomic E-state index is 12.8. The Morgan fingerprint density at radius 3 is 2.24 bits per heavy atom. The van der Waals surface area contributed by atoms with Gasteiger partial charge in [-0.25, -0.2) is 4.79 Å². The number of hydrogen-bond donors (Lipinski definition) is 3. The molecule has 8 heteroatoms. The van der Waals surface area contributed by atoms with Crippen LogP contribution < -0.4 is 11.1 Å². The summed E-state index contributed by atoms with van der Waals surface area (Å²) in [5.74, 6) is 0.529. The maximum atomic E-state index is 12.8. The van der Waals surface area contributed by atoms with Gasteiger partial charge in [0.15, 0.2) is 5.82 Å². The molecule has 3 aromatic rings. The first-order chi connectivity index (χ1) is 17.6. The Bertz CT molecular complexity index is 1230. The predicted octanol–water partition coefficient (Wildman–Crippen LogP) is 5.50. The molecular formula is C29H35N5O3. The lowest BCUT2D eigenvalue weighted by atomic mass is 9.83. The molecule has 0 radical (unpaired) electrons. The van der Waals surface area contributed by atoms with Gasteiger partial charge in [-0.05, 0) is 62.6 Å². The van der Waals surface area contributed by atoms with Crippen molar-refractivity contribution in [3.8, 4) is 22.4 Å². The third-order valence-corrected chi connectivity index (χ3v) is 7.19.